The van der Waals surface area contributed by atoms with E-state index in [1.807, 2.05) is 0 Å². The van der Waals surface area contributed by atoms with E-state index in [9.17, 15) is 27.2 Å². The molecule has 3 aromatic rings. The summed E-state index contributed by atoms with van der Waals surface area (Å²) in [5, 5.41) is 4.34. The molecule has 0 saturated carbocycles. The number of likely N-dealkylation sites (tertiary alicyclic amines) is 1. The fourth-order valence-corrected chi connectivity index (χ4v) is 3.46. The van der Waals surface area contributed by atoms with Gasteiger partial charge in [-0.05, 0) is 30.3 Å². The fraction of sp³-hybridized carbons (Fsp3) is 0.273. The summed E-state index contributed by atoms with van der Waals surface area (Å²) in [6.45, 7) is -1.38. The number of methoxy groups -OCH3 is 1. The monoisotopic (exact) mass is 478 g/mol. The van der Waals surface area contributed by atoms with Gasteiger partial charge in [-0.2, -0.15) is 18.3 Å². The van der Waals surface area contributed by atoms with Crippen molar-refractivity contribution in [1.29, 1.82) is 0 Å². The normalized spacial score (nSPS) is 14.0. The molecule has 0 unspecified atom stereocenters. The summed E-state index contributed by atoms with van der Waals surface area (Å²) in [5.41, 5.74) is 0.183. The van der Waals surface area contributed by atoms with Crippen molar-refractivity contribution in [2.75, 3.05) is 26.8 Å². The molecule has 34 heavy (non-hydrogen) atoms. The molecular weight excluding hydrogens is 460 g/mol. The van der Waals surface area contributed by atoms with E-state index >= 15 is 0 Å². The summed E-state index contributed by atoms with van der Waals surface area (Å²) in [7, 11) is 1.38. The average Bonchev–Trinajstić information content (AvgIpc) is 2.77. The highest BCUT2D eigenvalue weighted by Crippen LogP contribution is 2.30. The van der Waals surface area contributed by atoms with Gasteiger partial charge in [-0.1, -0.05) is 0 Å². The molecule has 1 fully saturated rings. The van der Waals surface area contributed by atoms with Crippen LogP contribution in [-0.2, 0) is 0 Å². The minimum Gasteiger partial charge on any atom is -0.496 e. The summed E-state index contributed by atoms with van der Waals surface area (Å²) < 4.78 is 62.2. The van der Waals surface area contributed by atoms with E-state index in [0.717, 1.165) is 0 Å². The molecule has 1 aliphatic heterocycles. The van der Waals surface area contributed by atoms with Gasteiger partial charge in [0.15, 0.2) is 18.1 Å². The Hall–Kier alpha value is -3.96. The fourth-order valence-electron chi connectivity index (χ4n) is 3.46. The van der Waals surface area contributed by atoms with E-state index in [4.69, 9.17) is 9.47 Å². The Balaban J connectivity index is 1.51. The highest BCUT2D eigenvalue weighted by Gasteiger charge is 2.36. The Morgan fingerprint density at radius 3 is 2.62 bits per heavy atom. The molecular formula is C22H18F4N4O4. The number of alkyl halides is 3. The van der Waals surface area contributed by atoms with Crippen LogP contribution in [0.25, 0.3) is 11.3 Å². The van der Waals surface area contributed by atoms with Crippen molar-refractivity contribution in [2.24, 2.45) is 0 Å². The van der Waals surface area contributed by atoms with Crippen molar-refractivity contribution in [3.8, 4) is 22.8 Å². The number of carbonyl (C=O) groups is 1. The van der Waals surface area contributed by atoms with Gasteiger partial charge in [-0.3, -0.25) is 9.59 Å². The SMILES string of the molecule is COc1cc(F)ccc1-c1ccc(=O)n(C2CN(C(=O)c3ncccc3OCC(F)(F)F)C2)n1. The molecule has 0 aliphatic carbocycles. The van der Waals surface area contributed by atoms with Crippen molar-refractivity contribution < 1.29 is 31.8 Å². The number of halogens is 4. The minimum absolute atomic E-state index is 0.0883. The Morgan fingerprint density at radius 1 is 1.15 bits per heavy atom. The summed E-state index contributed by atoms with van der Waals surface area (Å²) in [6, 6.07) is 8.82. The smallest absolute Gasteiger partial charge is 0.422 e. The Morgan fingerprint density at radius 2 is 1.91 bits per heavy atom. The van der Waals surface area contributed by atoms with Crippen molar-refractivity contribution in [1.82, 2.24) is 19.7 Å². The highest BCUT2D eigenvalue weighted by atomic mass is 19.4. The molecule has 178 valence electrons. The number of benzene rings is 1. The molecule has 0 spiro atoms. The molecule has 1 saturated heterocycles. The van der Waals surface area contributed by atoms with Gasteiger partial charge < -0.3 is 14.4 Å². The van der Waals surface area contributed by atoms with E-state index in [1.54, 1.807) is 0 Å². The third kappa shape index (κ3) is 4.85. The Kier molecular flexibility index (Phi) is 6.22. The summed E-state index contributed by atoms with van der Waals surface area (Å²) in [4.78, 5) is 30.4. The molecule has 8 nitrogen and oxygen atoms in total. The second-order valence-electron chi connectivity index (χ2n) is 7.46. The molecule has 1 aromatic carbocycles. The van der Waals surface area contributed by atoms with E-state index in [1.165, 1.54) is 65.4 Å². The predicted octanol–water partition coefficient (Wildman–Crippen LogP) is 3.09. The molecule has 0 radical (unpaired) electrons. The zero-order chi connectivity index (χ0) is 24.5. The molecule has 1 amide bonds. The van der Waals surface area contributed by atoms with Crippen LogP contribution in [0.2, 0.25) is 0 Å². The largest absolute Gasteiger partial charge is 0.496 e. The lowest BCUT2D eigenvalue weighted by Crippen LogP contribution is -2.53. The van der Waals surface area contributed by atoms with E-state index in [-0.39, 0.29) is 30.3 Å². The van der Waals surface area contributed by atoms with Crippen LogP contribution >= 0.6 is 0 Å². The zero-order valence-corrected chi connectivity index (χ0v) is 17.8. The average molecular weight is 478 g/mol. The summed E-state index contributed by atoms with van der Waals surface area (Å²) >= 11 is 0. The van der Waals surface area contributed by atoms with Crippen LogP contribution < -0.4 is 15.0 Å². The molecule has 1 aliphatic rings. The number of aromatic nitrogens is 3. The molecule has 2 aromatic heterocycles. The van der Waals surface area contributed by atoms with E-state index in [2.05, 4.69) is 10.1 Å². The lowest BCUT2D eigenvalue weighted by Gasteiger charge is -2.39. The number of hydrogen-bond donors (Lipinski definition) is 0. The minimum atomic E-state index is -4.57. The molecule has 4 rings (SSSR count). The lowest BCUT2D eigenvalue weighted by molar-refractivity contribution is -0.153. The first-order valence-electron chi connectivity index (χ1n) is 10.0. The van der Waals surface area contributed by atoms with Crippen LogP contribution in [0.5, 0.6) is 11.5 Å². The third-order valence-corrected chi connectivity index (χ3v) is 5.12. The van der Waals surface area contributed by atoms with Crippen LogP contribution in [0.4, 0.5) is 17.6 Å². The van der Waals surface area contributed by atoms with Gasteiger partial charge in [0.05, 0.1) is 18.8 Å². The highest BCUT2D eigenvalue weighted by molar-refractivity contribution is 5.95. The quantitative estimate of drug-likeness (QED) is 0.507. The number of nitrogens with zero attached hydrogens (tertiary/aromatic N) is 4. The van der Waals surface area contributed by atoms with E-state index in [0.29, 0.717) is 11.3 Å². The van der Waals surface area contributed by atoms with Crippen molar-refractivity contribution in [3.05, 3.63) is 70.5 Å². The first kappa shape index (κ1) is 23.2. The molecule has 12 heteroatoms. The predicted molar refractivity (Wildman–Crippen MR) is 111 cm³/mol. The number of hydrogen-bond acceptors (Lipinski definition) is 6. The lowest BCUT2D eigenvalue weighted by atomic mass is 10.1. The molecule has 0 N–H and O–H groups in total. The Labute approximate surface area is 190 Å². The van der Waals surface area contributed by atoms with Gasteiger partial charge in [0.25, 0.3) is 11.5 Å². The van der Waals surface area contributed by atoms with Crippen LogP contribution in [-0.4, -0.2) is 58.6 Å². The van der Waals surface area contributed by atoms with Crippen LogP contribution in [0.15, 0.2) is 53.5 Å². The van der Waals surface area contributed by atoms with E-state index < -0.39 is 36.1 Å². The summed E-state index contributed by atoms with van der Waals surface area (Å²) in [6.07, 6.45) is -3.29. The molecule has 0 atom stereocenters. The molecule has 0 bridgehead atoms. The maximum Gasteiger partial charge on any atom is 0.422 e. The van der Waals surface area contributed by atoms with Crippen molar-refractivity contribution in [3.63, 3.8) is 0 Å². The number of pyridine rings is 1. The standard InChI is InChI=1S/C22H18F4N4O4/c1-33-18-9-13(23)4-5-15(18)16-6-7-19(31)30(28-16)14-10-29(11-14)21(32)20-17(3-2-8-27-20)34-12-22(24,25)26/h2-9,14H,10-12H2,1H3. The maximum absolute atomic E-state index is 13.5. The topological polar surface area (TPSA) is 86.6 Å². The number of carbonyl (C=O) groups excluding carboxylic acids is 1. The van der Waals surface area contributed by atoms with Gasteiger partial charge in [0.2, 0.25) is 0 Å². The van der Waals surface area contributed by atoms with Crippen molar-refractivity contribution in [2.45, 2.75) is 12.2 Å². The van der Waals surface area contributed by atoms with Gasteiger partial charge in [0, 0.05) is 37.0 Å². The first-order chi connectivity index (χ1) is 16.2. The van der Waals surface area contributed by atoms with Gasteiger partial charge in [-0.25, -0.2) is 14.1 Å². The second-order valence-corrected chi connectivity index (χ2v) is 7.46. The van der Waals surface area contributed by atoms with Gasteiger partial charge >= 0.3 is 6.18 Å². The third-order valence-electron chi connectivity index (χ3n) is 5.12. The second kappa shape index (κ2) is 9.12. The zero-order valence-electron chi connectivity index (χ0n) is 17.8. The van der Waals surface area contributed by atoms with Crippen molar-refractivity contribution >= 4 is 5.91 Å². The first-order valence-corrected chi connectivity index (χ1v) is 10.0. The van der Waals surface area contributed by atoms with Gasteiger partial charge in [-0.15, -0.1) is 0 Å². The van der Waals surface area contributed by atoms with Crippen LogP contribution in [0.1, 0.15) is 16.5 Å². The number of rotatable bonds is 6. The maximum atomic E-state index is 13.5. The van der Waals surface area contributed by atoms with Crippen LogP contribution in [0.3, 0.4) is 0 Å². The van der Waals surface area contributed by atoms with Gasteiger partial charge in [0.1, 0.15) is 11.6 Å². The molecule has 3 heterocycles. The van der Waals surface area contributed by atoms with Crippen LogP contribution in [0, 0.1) is 5.82 Å². The number of ether oxygens (including phenoxy) is 2. The summed E-state index contributed by atoms with van der Waals surface area (Å²) in [5.74, 6) is -1.16. The Bertz CT molecular complexity index is 1270. The number of amides is 1.